The summed E-state index contributed by atoms with van der Waals surface area (Å²) in [6.07, 6.45) is 1.82. The summed E-state index contributed by atoms with van der Waals surface area (Å²) >= 11 is 0. The van der Waals surface area contributed by atoms with Crippen molar-refractivity contribution in [3.63, 3.8) is 0 Å². The van der Waals surface area contributed by atoms with Crippen LogP contribution in [0.15, 0.2) is 36.5 Å². The third-order valence-electron chi connectivity index (χ3n) is 4.73. The van der Waals surface area contributed by atoms with E-state index in [-0.39, 0.29) is 23.2 Å². The topological polar surface area (TPSA) is 102 Å². The van der Waals surface area contributed by atoms with Crippen molar-refractivity contribution in [2.75, 3.05) is 13.1 Å². The Labute approximate surface area is 144 Å². The van der Waals surface area contributed by atoms with E-state index < -0.39 is 11.0 Å². The summed E-state index contributed by atoms with van der Waals surface area (Å²) in [5.41, 5.74) is 0.584. The van der Waals surface area contributed by atoms with Crippen LogP contribution in [-0.4, -0.2) is 43.7 Å². The Morgan fingerprint density at radius 1 is 1.32 bits per heavy atom. The summed E-state index contributed by atoms with van der Waals surface area (Å²) in [4.78, 5) is 24.7. The highest BCUT2D eigenvalue weighted by molar-refractivity contribution is 5.96. The van der Waals surface area contributed by atoms with E-state index in [4.69, 9.17) is 0 Å². The van der Waals surface area contributed by atoms with Gasteiger partial charge in [-0.2, -0.15) is 5.10 Å². The van der Waals surface area contributed by atoms with E-state index in [1.165, 1.54) is 11.7 Å². The average molecular weight is 344 g/mol. The standard InChI is InChI=1S/C17H20N4O4/c1-19-15(14(11-18-19)21(24)25)17(23)20-9-7-13(8-10-20)16(22)12-5-3-2-4-6-12/h2-6,11,13,16,22H,7-10H2,1H3. The van der Waals surface area contributed by atoms with E-state index in [1.807, 2.05) is 30.3 Å². The first-order valence-corrected chi connectivity index (χ1v) is 8.17. The highest BCUT2D eigenvalue weighted by Crippen LogP contribution is 2.31. The number of amides is 1. The van der Waals surface area contributed by atoms with Crippen LogP contribution in [0.1, 0.15) is 35.0 Å². The molecule has 0 radical (unpaired) electrons. The minimum atomic E-state index is -0.591. The molecule has 0 spiro atoms. The van der Waals surface area contributed by atoms with Gasteiger partial charge in [0.2, 0.25) is 5.69 Å². The van der Waals surface area contributed by atoms with Crippen LogP contribution in [0.25, 0.3) is 0 Å². The van der Waals surface area contributed by atoms with Crippen molar-refractivity contribution in [3.8, 4) is 0 Å². The number of aromatic nitrogens is 2. The van der Waals surface area contributed by atoms with E-state index >= 15 is 0 Å². The molecular weight excluding hydrogens is 324 g/mol. The molecule has 0 saturated carbocycles. The molecule has 0 aliphatic carbocycles. The average Bonchev–Trinajstić information content (AvgIpc) is 3.03. The lowest BCUT2D eigenvalue weighted by Crippen LogP contribution is -2.40. The molecule has 1 saturated heterocycles. The Balaban J connectivity index is 1.67. The highest BCUT2D eigenvalue weighted by Gasteiger charge is 2.33. The molecule has 8 heteroatoms. The Morgan fingerprint density at radius 2 is 1.96 bits per heavy atom. The van der Waals surface area contributed by atoms with Crippen molar-refractivity contribution in [1.29, 1.82) is 0 Å². The summed E-state index contributed by atoms with van der Waals surface area (Å²) < 4.78 is 1.24. The zero-order valence-electron chi connectivity index (χ0n) is 13.9. The van der Waals surface area contributed by atoms with Crippen molar-refractivity contribution in [2.24, 2.45) is 13.0 Å². The van der Waals surface area contributed by atoms with E-state index in [2.05, 4.69) is 5.10 Å². The lowest BCUT2D eigenvalue weighted by Gasteiger charge is -2.34. The molecular formula is C17H20N4O4. The summed E-state index contributed by atoms with van der Waals surface area (Å²) in [6.45, 7) is 0.908. The van der Waals surface area contributed by atoms with Gasteiger partial charge in [0.25, 0.3) is 5.91 Å². The number of rotatable bonds is 4. The van der Waals surface area contributed by atoms with Crippen LogP contribution in [0.5, 0.6) is 0 Å². The number of likely N-dealkylation sites (tertiary alicyclic amines) is 1. The van der Waals surface area contributed by atoms with Crippen molar-refractivity contribution in [3.05, 3.63) is 57.9 Å². The number of piperidine rings is 1. The van der Waals surface area contributed by atoms with Gasteiger partial charge in [0.1, 0.15) is 6.20 Å². The van der Waals surface area contributed by atoms with Gasteiger partial charge in [-0.15, -0.1) is 0 Å². The molecule has 1 atom stereocenters. The number of nitrogens with zero attached hydrogens (tertiary/aromatic N) is 4. The smallest absolute Gasteiger partial charge is 0.320 e. The number of hydrogen-bond acceptors (Lipinski definition) is 5. The second-order valence-electron chi connectivity index (χ2n) is 6.24. The first-order chi connectivity index (χ1) is 12.0. The predicted molar refractivity (Wildman–Crippen MR) is 89.9 cm³/mol. The third-order valence-corrected chi connectivity index (χ3v) is 4.73. The number of nitro groups is 1. The molecule has 2 heterocycles. The van der Waals surface area contributed by atoms with Crippen molar-refractivity contribution in [1.82, 2.24) is 14.7 Å². The number of carbonyl (C=O) groups excluding carboxylic acids is 1. The highest BCUT2D eigenvalue weighted by atomic mass is 16.6. The number of aryl methyl sites for hydroxylation is 1. The van der Waals surface area contributed by atoms with Gasteiger partial charge in [-0.1, -0.05) is 30.3 Å². The van der Waals surface area contributed by atoms with E-state index in [0.717, 1.165) is 11.8 Å². The molecule has 25 heavy (non-hydrogen) atoms. The Morgan fingerprint density at radius 3 is 2.56 bits per heavy atom. The molecule has 1 aromatic heterocycles. The largest absolute Gasteiger partial charge is 0.388 e. The summed E-state index contributed by atoms with van der Waals surface area (Å²) in [7, 11) is 1.52. The Bertz CT molecular complexity index is 766. The molecule has 1 N–H and O–H groups in total. The van der Waals surface area contributed by atoms with Crippen molar-refractivity contribution >= 4 is 11.6 Å². The maximum atomic E-state index is 12.7. The van der Waals surface area contributed by atoms with Crippen LogP contribution >= 0.6 is 0 Å². The molecule has 132 valence electrons. The predicted octanol–water partition coefficient (Wildman–Crippen LogP) is 1.91. The molecule has 1 fully saturated rings. The lowest BCUT2D eigenvalue weighted by atomic mass is 9.87. The number of carbonyl (C=O) groups is 1. The number of hydrogen-bond donors (Lipinski definition) is 1. The second-order valence-corrected chi connectivity index (χ2v) is 6.24. The molecule has 1 amide bonds. The second kappa shape index (κ2) is 7.02. The summed E-state index contributed by atoms with van der Waals surface area (Å²) in [5.74, 6) is -0.327. The lowest BCUT2D eigenvalue weighted by molar-refractivity contribution is -0.385. The first kappa shape index (κ1) is 17.1. The number of aliphatic hydroxyl groups excluding tert-OH is 1. The SMILES string of the molecule is Cn1ncc([N+](=O)[O-])c1C(=O)N1CCC(C(O)c2ccccc2)CC1. The van der Waals surface area contributed by atoms with Crippen LogP contribution in [0.4, 0.5) is 5.69 Å². The van der Waals surface area contributed by atoms with Gasteiger partial charge in [-0.3, -0.25) is 19.6 Å². The molecule has 3 rings (SSSR count). The molecule has 1 aromatic carbocycles. The quantitative estimate of drug-likeness (QED) is 0.674. The molecule has 0 bridgehead atoms. The molecule has 1 unspecified atom stereocenters. The van der Waals surface area contributed by atoms with Crippen molar-refractivity contribution in [2.45, 2.75) is 18.9 Å². The molecule has 8 nitrogen and oxygen atoms in total. The summed E-state index contributed by atoms with van der Waals surface area (Å²) in [5, 5.41) is 25.4. The first-order valence-electron chi connectivity index (χ1n) is 8.17. The van der Waals surface area contributed by atoms with Gasteiger partial charge in [-0.25, -0.2) is 0 Å². The van der Waals surface area contributed by atoms with E-state index in [1.54, 1.807) is 4.90 Å². The van der Waals surface area contributed by atoms with Gasteiger partial charge in [-0.05, 0) is 24.3 Å². The monoisotopic (exact) mass is 344 g/mol. The molecule has 1 aliphatic rings. The van der Waals surface area contributed by atoms with Gasteiger partial charge in [0.15, 0.2) is 0 Å². The van der Waals surface area contributed by atoms with Crippen LogP contribution in [0.2, 0.25) is 0 Å². The van der Waals surface area contributed by atoms with Crippen molar-refractivity contribution < 1.29 is 14.8 Å². The third kappa shape index (κ3) is 3.39. The zero-order valence-corrected chi connectivity index (χ0v) is 13.9. The van der Waals surface area contributed by atoms with E-state index in [9.17, 15) is 20.0 Å². The molecule has 2 aromatic rings. The van der Waals surface area contributed by atoms with Gasteiger partial charge in [0, 0.05) is 20.1 Å². The van der Waals surface area contributed by atoms with Gasteiger partial charge >= 0.3 is 5.69 Å². The van der Waals surface area contributed by atoms with Crippen LogP contribution < -0.4 is 0 Å². The summed E-state index contributed by atoms with van der Waals surface area (Å²) in [6, 6.07) is 9.46. The maximum absolute atomic E-state index is 12.7. The maximum Gasteiger partial charge on any atom is 0.320 e. The van der Waals surface area contributed by atoms with E-state index in [0.29, 0.717) is 25.9 Å². The minimum Gasteiger partial charge on any atom is -0.388 e. The normalized spacial score (nSPS) is 16.6. The minimum absolute atomic E-state index is 0.00735. The fourth-order valence-corrected chi connectivity index (χ4v) is 3.30. The zero-order chi connectivity index (χ0) is 18.0. The Hall–Kier alpha value is -2.74. The fourth-order valence-electron chi connectivity index (χ4n) is 3.30. The fraction of sp³-hybridized carbons (Fsp3) is 0.412. The van der Waals surface area contributed by atoms with Crippen LogP contribution in [0.3, 0.4) is 0 Å². The number of benzene rings is 1. The molecule has 1 aliphatic heterocycles. The Kier molecular flexibility index (Phi) is 4.80. The van der Waals surface area contributed by atoms with Gasteiger partial charge < -0.3 is 10.0 Å². The van der Waals surface area contributed by atoms with Gasteiger partial charge in [0.05, 0.1) is 11.0 Å². The van der Waals surface area contributed by atoms with Crippen LogP contribution in [-0.2, 0) is 7.05 Å². The number of aliphatic hydroxyl groups is 1. The van der Waals surface area contributed by atoms with Crippen LogP contribution in [0, 0.1) is 16.0 Å².